The van der Waals surface area contributed by atoms with Gasteiger partial charge in [-0.3, -0.25) is 9.59 Å². The molecule has 1 aliphatic carbocycles. The number of benzene rings is 2. The lowest BCUT2D eigenvalue weighted by Crippen LogP contribution is -2.11. The lowest BCUT2D eigenvalue weighted by atomic mass is 9.97. The van der Waals surface area contributed by atoms with E-state index in [1.54, 1.807) is 48.8 Å². The number of methoxy groups -OCH3 is 1. The van der Waals surface area contributed by atoms with Gasteiger partial charge >= 0.3 is 0 Å². The summed E-state index contributed by atoms with van der Waals surface area (Å²) in [7, 11) is 1.59. The third-order valence-corrected chi connectivity index (χ3v) is 6.96. The van der Waals surface area contributed by atoms with Gasteiger partial charge in [0.25, 0.3) is 11.5 Å². The molecule has 1 aliphatic rings. The van der Waals surface area contributed by atoms with Crippen molar-refractivity contribution in [1.29, 1.82) is 0 Å². The molecule has 0 bridgehead atoms. The molecule has 1 amide bonds. The van der Waals surface area contributed by atoms with E-state index in [1.807, 2.05) is 30.3 Å². The van der Waals surface area contributed by atoms with Crippen molar-refractivity contribution < 1.29 is 9.53 Å². The number of aryl methyl sites for hydroxylation is 2. The van der Waals surface area contributed by atoms with Crippen molar-refractivity contribution in [2.24, 2.45) is 0 Å². The van der Waals surface area contributed by atoms with Gasteiger partial charge in [-0.1, -0.05) is 18.2 Å². The monoisotopic (exact) mass is 457 g/mol. The summed E-state index contributed by atoms with van der Waals surface area (Å²) < 4.78 is 5.13. The molecule has 0 unspecified atom stereocenters. The van der Waals surface area contributed by atoms with Crippen LogP contribution in [0.25, 0.3) is 22.4 Å². The number of ether oxygens (including phenoxy) is 1. The molecule has 7 heteroatoms. The van der Waals surface area contributed by atoms with E-state index in [2.05, 4.69) is 15.3 Å². The van der Waals surface area contributed by atoms with Crippen LogP contribution in [0, 0.1) is 0 Å². The van der Waals surface area contributed by atoms with E-state index in [1.165, 1.54) is 16.9 Å². The van der Waals surface area contributed by atoms with Crippen LogP contribution in [0.4, 0.5) is 5.69 Å². The lowest BCUT2D eigenvalue weighted by molar-refractivity contribution is 0.102. The van der Waals surface area contributed by atoms with Gasteiger partial charge in [-0.05, 0) is 79.3 Å². The van der Waals surface area contributed by atoms with Crippen molar-refractivity contribution in [3.8, 4) is 5.75 Å². The minimum absolute atomic E-state index is 0.0699. The summed E-state index contributed by atoms with van der Waals surface area (Å²) in [6.07, 6.45) is 7.98. The number of H-pyrrole nitrogens is 1. The molecule has 2 aromatic carbocycles. The zero-order valence-electron chi connectivity index (χ0n) is 18.2. The number of aromatic nitrogens is 2. The van der Waals surface area contributed by atoms with Crippen LogP contribution in [0.1, 0.15) is 45.0 Å². The molecule has 0 spiro atoms. The first kappa shape index (κ1) is 21.2. The van der Waals surface area contributed by atoms with Crippen molar-refractivity contribution in [3.05, 3.63) is 86.3 Å². The summed E-state index contributed by atoms with van der Waals surface area (Å²) in [5, 5.41) is 3.67. The zero-order chi connectivity index (χ0) is 22.8. The summed E-state index contributed by atoms with van der Waals surface area (Å²) in [6, 6.07) is 14.5. The summed E-state index contributed by atoms with van der Waals surface area (Å²) in [5.74, 6) is 1.03. The Bertz CT molecular complexity index is 1420. The van der Waals surface area contributed by atoms with Gasteiger partial charge in [0, 0.05) is 16.1 Å². The highest BCUT2D eigenvalue weighted by Crippen LogP contribution is 2.33. The maximum Gasteiger partial charge on any atom is 0.260 e. The van der Waals surface area contributed by atoms with Gasteiger partial charge in [0.1, 0.15) is 16.4 Å². The van der Waals surface area contributed by atoms with Crippen molar-refractivity contribution in [2.75, 3.05) is 12.4 Å². The number of hydrogen-bond acceptors (Lipinski definition) is 5. The fourth-order valence-electron chi connectivity index (χ4n) is 4.10. The van der Waals surface area contributed by atoms with Gasteiger partial charge in [-0.15, -0.1) is 11.3 Å². The highest BCUT2D eigenvalue weighted by atomic mass is 32.1. The first-order valence-corrected chi connectivity index (χ1v) is 11.7. The number of carbonyl (C=O) groups excluding carboxylic acids is 1. The second-order valence-electron chi connectivity index (χ2n) is 7.98. The van der Waals surface area contributed by atoms with E-state index in [0.717, 1.165) is 35.0 Å². The molecule has 2 aromatic heterocycles. The second kappa shape index (κ2) is 9.03. The average molecular weight is 458 g/mol. The molecular formula is C26H23N3O3S. The van der Waals surface area contributed by atoms with Crippen LogP contribution < -0.4 is 15.6 Å². The van der Waals surface area contributed by atoms with Gasteiger partial charge in [-0.25, -0.2) is 4.98 Å². The van der Waals surface area contributed by atoms with Crippen LogP contribution in [0.3, 0.4) is 0 Å². The minimum atomic E-state index is -0.197. The normalized spacial score (nSPS) is 13.2. The van der Waals surface area contributed by atoms with Crippen LogP contribution in [0.15, 0.2) is 53.3 Å². The van der Waals surface area contributed by atoms with E-state index < -0.39 is 0 Å². The van der Waals surface area contributed by atoms with Crippen molar-refractivity contribution in [2.45, 2.75) is 25.7 Å². The Kier molecular flexibility index (Phi) is 5.79. The Morgan fingerprint density at radius 1 is 1.12 bits per heavy atom. The number of rotatable bonds is 5. The highest BCUT2D eigenvalue weighted by molar-refractivity contribution is 7.18. The van der Waals surface area contributed by atoms with Crippen LogP contribution in [0.2, 0.25) is 0 Å². The van der Waals surface area contributed by atoms with Gasteiger partial charge in [-0.2, -0.15) is 0 Å². The van der Waals surface area contributed by atoms with Gasteiger partial charge < -0.3 is 15.0 Å². The SMILES string of the molecule is COc1ccc(C(=O)Nc2cccc(C=Cc3nc4sc5c(c4c(=O)[nH]3)CCCC5)c2)cc1. The van der Waals surface area contributed by atoms with Crippen molar-refractivity contribution in [3.63, 3.8) is 0 Å². The molecule has 166 valence electrons. The molecule has 6 nitrogen and oxygen atoms in total. The molecular weight excluding hydrogens is 434 g/mol. The van der Waals surface area contributed by atoms with Crippen LogP contribution >= 0.6 is 11.3 Å². The zero-order valence-corrected chi connectivity index (χ0v) is 19.0. The maximum atomic E-state index is 12.7. The van der Waals surface area contributed by atoms with Crippen LogP contribution in [-0.4, -0.2) is 23.0 Å². The molecule has 0 radical (unpaired) electrons. The number of fused-ring (bicyclic) bond motifs is 3. The molecule has 4 aromatic rings. The smallest absolute Gasteiger partial charge is 0.260 e. The number of nitrogens with one attached hydrogen (secondary N) is 2. The lowest BCUT2D eigenvalue weighted by Gasteiger charge is -2.09. The third-order valence-electron chi connectivity index (χ3n) is 5.77. The Balaban J connectivity index is 1.35. The molecule has 0 fully saturated rings. The number of carbonyl (C=O) groups is 1. The van der Waals surface area contributed by atoms with E-state index >= 15 is 0 Å². The largest absolute Gasteiger partial charge is 0.497 e. The van der Waals surface area contributed by atoms with Crippen molar-refractivity contribution >= 4 is 45.3 Å². The number of aromatic amines is 1. The van der Waals surface area contributed by atoms with E-state index in [-0.39, 0.29) is 11.5 Å². The van der Waals surface area contributed by atoms with Gasteiger partial charge in [0.2, 0.25) is 0 Å². The van der Waals surface area contributed by atoms with E-state index in [0.29, 0.717) is 22.8 Å². The Hall–Kier alpha value is -3.71. The van der Waals surface area contributed by atoms with Gasteiger partial charge in [0.05, 0.1) is 12.5 Å². The summed E-state index contributed by atoms with van der Waals surface area (Å²) in [5.41, 5.74) is 3.23. The number of anilines is 1. The fourth-order valence-corrected chi connectivity index (χ4v) is 5.37. The van der Waals surface area contributed by atoms with Gasteiger partial charge in [0.15, 0.2) is 0 Å². The third kappa shape index (κ3) is 4.45. The highest BCUT2D eigenvalue weighted by Gasteiger charge is 2.19. The standard InChI is InChI=1S/C26H23N3O3S/c1-32-19-12-10-17(11-13-19)24(30)27-18-6-4-5-16(15-18)9-14-22-28-25(31)23-20-7-2-3-8-21(20)33-26(23)29-22/h4-6,9-15H,2-3,7-8H2,1H3,(H,27,30)(H,28,29,31). The Morgan fingerprint density at radius 2 is 1.94 bits per heavy atom. The maximum absolute atomic E-state index is 12.7. The van der Waals surface area contributed by atoms with Crippen LogP contribution in [0.5, 0.6) is 5.75 Å². The van der Waals surface area contributed by atoms with E-state index in [4.69, 9.17) is 4.74 Å². The average Bonchev–Trinajstić information content (AvgIpc) is 3.22. The Morgan fingerprint density at radius 3 is 2.76 bits per heavy atom. The first-order chi connectivity index (χ1) is 16.1. The predicted molar refractivity (Wildman–Crippen MR) is 133 cm³/mol. The summed E-state index contributed by atoms with van der Waals surface area (Å²) >= 11 is 1.64. The molecule has 2 heterocycles. The summed E-state index contributed by atoms with van der Waals surface area (Å²) in [6.45, 7) is 0. The molecule has 33 heavy (non-hydrogen) atoms. The number of thiophene rings is 1. The second-order valence-corrected chi connectivity index (χ2v) is 9.07. The fraction of sp³-hybridized carbons (Fsp3) is 0.192. The van der Waals surface area contributed by atoms with Crippen molar-refractivity contribution in [1.82, 2.24) is 9.97 Å². The number of hydrogen-bond donors (Lipinski definition) is 2. The minimum Gasteiger partial charge on any atom is -0.497 e. The Labute approximate surface area is 195 Å². The van der Waals surface area contributed by atoms with E-state index in [9.17, 15) is 9.59 Å². The summed E-state index contributed by atoms with van der Waals surface area (Å²) in [4.78, 5) is 34.9. The molecule has 0 saturated carbocycles. The quantitative estimate of drug-likeness (QED) is 0.426. The molecule has 2 N–H and O–H groups in total. The molecule has 0 aliphatic heterocycles. The molecule has 0 saturated heterocycles. The molecule has 5 rings (SSSR count). The predicted octanol–water partition coefficient (Wildman–Crippen LogP) is 5.29. The van der Waals surface area contributed by atoms with Crippen LogP contribution in [-0.2, 0) is 12.8 Å². The topological polar surface area (TPSA) is 84.1 Å². The number of amides is 1. The first-order valence-electron chi connectivity index (χ1n) is 10.9. The number of nitrogens with zero attached hydrogens (tertiary/aromatic N) is 1. The molecule has 0 atom stereocenters.